The normalized spacial score (nSPS) is 20.4. The number of halogens is 1. The molecule has 1 atom stereocenters. The fraction of sp³-hybridized carbons (Fsp3) is 0.333. The third kappa shape index (κ3) is 2.29. The molecule has 17 heavy (non-hydrogen) atoms. The van der Waals surface area contributed by atoms with E-state index < -0.39 is 6.04 Å². The number of nitrogens with one attached hydrogen (secondary N) is 1. The van der Waals surface area contributed by atoms with Crippen LogP contribution in [0.5, 0.6) is 0 Å². The monoisotopic (exact) mass is 344 g/mol. The average Bonchev–Trinajstić information content (AvgIpc) is 2.29. The molecule has 90 valence electrons. The van der Waals surface area contributed by atoms with Crippen LogP contribution >= 0.6 is 22.6 Å². The zero-order valence-corrected chi connectivity index (χ0v) is 11.8. The van der Waals surface area contributed by atoms with Crippen LogP contribution in [0.1, 0.15) is 12.5 Å². The lowest BCUT2D eigenvalue weighted by Crippen LogP contribution is -2.57. The Balaban J connectivity index is 2.39. The number of hydrogen-bond donors (Lipinski definition) is 1. The van der Waals surface area contributed by atoms with E-state index in [9.17, 15) is 9.59 Å². The lowest BCUT2D eigenvalue weighted by molar-refractivity contribution is -0.130. The molecule has 4 nitrogen and oxygen atoms in total. The molecule has 0 radical (unpaired) electrons. The highest BCUT2D eigenvalue weighted by Gasteiger charge is 2.32. The van der Waals surface area contributed by atoms with E-state index in [1.807, 2.05) is 25.1 Å². The Morgan fingerprint density at radius 1 is 1.41 bits per heavy atom. The smallest absolute Gasteiger partial charge is 0.247 e. The first kappa shape index (κ1) is 12.3. The second-order valence-electron chi connectivity index (χ2n) is 4.09. The van der Waals surface area contributed by atoms with Crippen molar-refractivity contribution in [2.24, 2.45) is 0 Å². The molecule has 1 fully saturated rings. The highest BCUT2D eigenvalue weighted by Crippen LogP contribution is 2.23. The van der Waals surface area contributed by atoms with Crippen LogP contribution in [-0.4, -0.2) is 24.4 Å². The molecule has 1 saturated heterocycles. The van der Waals surface area contributed by atoms with Crippen LogP contribution in [0.15, 0.2) is 18.2 Å². The molecule has 1 aliphatic heterocycles. The van der Waals surface area contributed by atoms with Gasteiger partial charge in [0, 0.05) is 9.26 Å². The van der Waals surface area contributed by atoms with Gasteiger partial charge < -0.3 is 5.32 Å². The van der Waals surface area contributed by atoms with Gasteiger partial charge in [0.1, 0.15) is 6.04 Å². The summed E-state index contributed by atoms with van der Waals surface area (Å²) >= 11 is 2.23. The summed E-state index contributed by atoms with van der Waals surface area (Å²) in [6.07, 6.45) is 0. The molecule has 1 N–H and O–H groups in total. The van der Waals surface area contributed by atoms with Gasteiger partial charge in [-0.2, -0.15) is 0 Å². The summed E-state index contributed by atoms with van der Waals surface area (Å²) in [6, 6.07) is 5.33. The van der Waals surface area contributed by atoms with E-state index in [1.165, 1.54) is 0 Å². The second kappa shape index (κ2) is 4.64. The number of rotatable bonds is 1. The Morgan fingerprint density at radius 2 is 2.12 bits per heavy atom. The minimum Gasteiger partial charge on any atom is -0.345 e. The number of nitrogens with zero attached hydrogens (tertiary/aromatic N) is 1. The van der Waals surface area contributed by atoms with Crippen LogP contribution in [0.25, 0.3) is 0 Å². The Kier molecular flexibility index (Phi) is 3.37. The number of amides is 2. The maximum absolute atomic E-state index is 11.9. The quantitative estimate of drug-likeness (QED) is 0.784. The summed E-state index contributed by atoms with van der Waals surface area (Å²) in [5, 5.41) is 2.58. The van der Waals surface area contributed by atoms with Gasteiger partial charge in [-0.25, -0.2) is 0 Å². The van der Waals surface area contributed by atoms with Crippen molar-refractivity contribution in [3.05, 3.63) is 27.3 Å². The Hall–Kier alpha value is -1.11. The topological polar surface area (TPSA) is 49.4 Å². The van der Waals surface area contributed by atoms with E-state index in [4.69, 9.17) is 0 Å². The summed E-state index contributed by atoms with van der Waals surface area (Å²) in [4.78, 5) is 25.0. The molecule has 0 aliphatic carbocycles. The van der Waals surface area contributed by atoms with E-state index >= 15 is 0 Å². The first-order valence-corrected chi connectivity index (χ1v) is 6.44. The Morgan fingerprint density at radius 3 is 2.76 bits per heavy atom. The van der Waals surface area contributed by atoms with Crippen molar-refractivity contribution in [3.8, 4) is 0 Å². The van der Waals surface area contributed by atoms with E-state index in [2.05, 4.69) is 27.9 Å². The van der Waals surface area contributed by atoms with Crippen LogP contribution in [0.4, 0.5) is 5.69 Å². The van der Waals surface area contributed by atoms with Crippen LogP contribution in [0.3, 0.4) is 0 Å². The maximum Gasteiger partial charge on any atom is 0.247 e. The molecule has 1 aromatic carbocycles. The lowest BCUT2D eigenvalue weighted by atomic mass is 10.1. The molecule has 1 unspecified atom stereocenters. The van der Waals surface area contributed by atoms with Gasteiger partial charge in [0.05, 0.1) is 6.54 Å². The van der Waals surface area contributed by atoms with Gasteiger partial charge in [-0.05, 0) is 54.1 Å². The molecule has 0 spiro atoms. The predicted molar refractivity (Wildman–Crippen MR) is 73.9 cm³/mol. The van der Waals surface area contributed by atoms with Crippen LogP contribution in [-0.2, 0) is 9.59 Å². The molecule has 2 amide bonds. The zero-order chi connectivity index (χ0) is 12.6. The summed E-state index contributed by atoms with van der Waals surface area (Å²) in [5.41, 5.74) is 1.95. The molecule has 0 bridgehead atoms. The highest BCUT2D eigenvalue weighted by atomic mass is 127. The third-order valence-electron chi connectivity index (χ3n) is 2.88. The third-order valence-corrected chi connectivity index (χ3v) is 4.05. The Bertz CT molecular complexity index is 487. The molecule has 1 heterocycles. The van der Waals surface area contributed by atoms with Crippen molar-refractivity contribution < 1.29 is 9.59 Å². The van der Waals surface area contributed by atoms with Crippen molar-refractivity contribution in [1.82, 2.24) is 5.32 Å². The van der Waals surface area contributed by atoms with E-state index in [1.54, 1.807) is 11.8 Å². The van der Waals surface area contributed by atoms with Gasteiger partial charge in [-0.3, -0.25) is 14.5 Å². The molecule has 1 aromatic rings. The van der Waals surface area contributed by atoms with Gasteiger partial charge >= 0.3 is 0 Å². The summed E-state index contributed by atoms with van der Waals surface area (Å²) < 4.78 is 1.09. The number of carbonyl (C=O) groups excluding carboxylic acids is 2. The molecular formula is C12H13IN2O2. The minimum absolute atomic E-state index is 0.0725. The number of benzene rings is 1. The summed E-state index contributed by atoms with van der Waals surface area (Å²) in [7, 11) is 0. The van der Waals surface area contributed by atoms with Crippen molar-refractivity contribution in [2.45, 2.75) is 19.9 Å². The lowest BCUT2D eigenvalue weighted by Gasteiger charge is -2.32. The molecule has 1 aliphatic rings. The number of piperazine rings is 1. The summed E-state index contributed by atoms with van der Waals surface area (Å²) in [6.45, 7) is 3.83. The Labute approximate surface area is 114 Å². The van der Waals surface area contributed by atoms with Crippen molar-refractivity contribution in [3.63, 3.8) is 0 Å². The van der Waals surface area contributed by atoms with E-state index in [0.29, 0.717) is 0 Å². The van der Waals surface area contributed by atoms with Gasteiger partial charge in [-0.1, -0.05) is 6.07 Å². The fourth-order valence-electron chi connectivity index (χ4n) is 1.83. The molecule has 0 saturated carbocycles. The van der Waals surface area contributed by atoms with Crippen LogP contribution in [0, 0.1) is 10.5 Å². The number of hydrogen-bond acceptors (Lipinski definition) is 2. The average molecular weight is 344 g/mol. The van der Waals surface area contributed by atoms with Crippen molar-refractivity contribution >= 4 is 40.1 Å². The fourth-order valence-corrected chi connectivity index (χ4v) is 2.33. The zero-order valence-electron chi connectivity index (χ0n) is 9.66. The first-order chi connectivity index (χ1) is 8.00. The van der Waals surface area contributed by atoms with Crippen LogP contribution in [0.2, 0.25) is 0 Å². The standard InChI is InChI=1S/C12H13IN2O2/c1-7-3-4-9(5-10(7)13)15-8(2)12(17)14-6-11(15)16/h3-5,8H,6H2,1-2H3,(H,14,17). The molecular weight excluding hydrogens is 331 g/mol. The predicted octanol–water partition coefficient (Wildman–Crippen LogP) is 1.45. The highest BCUT2D eigenvalue weighted by molar-refractivity contribution is 14.1. The molecule has 5 heteroatoms. The second-order valence-corrected chi connectivity index (χ2v) is 5.25. The van der Waals surface area contributed by atoms with Gasteiger partial charge in [-0.15, -0.1) is 0 Å². The van der Waals surface area contributed by atoms with Crippen LogP contribution < -0.4 is 10.2 Å². The molecule has 2 rings (SSSR count). The van der Waals surface area contributed by atoms with Gasteiger partial charge in [0.2, 0.25) is 11.8 Å². The maximum atomic E-state index is 11.9. The number of aryl methyl sites for hydroxylation is 1. The number of carbonyl (C=O) groups is 2. The summed E-state index contributed by atoms with van der Waals surface area (Å²) in [5.74, 6) is -0.183. The first-order valence-electron chi connectivity index (χ1n) is 5.36. The largest absolute Gasteiger partial charge is 0.345 e. The van der Waals surface area contributed by atoms with Crippen molar-refractivity contribution in [1.29, 1.82) is 0 Å². The van der Waals surface area contributed by atoms with Crippen molar-refractivity contribution in [2.75, 3.05) is 11.4 Å². The van der Waals surface area contributed by atoms with Gasteiger partial charge in [0.25, 0.3) is 0 Å². The van der Waals surface area contributed by atoms with E-state index in [-0.39, 0.29) is 18.4 Å². The minimum atomic E-state index is -0.449. The molecule has 0 aromatic heterocycles. The SMILES string of the molecule is Cc1ccc(N2C(=O)CNC(=O)C2C)cc1I. The van der Waals surface area contributed by atoms with Gasteiger partial charge in [0.15, 0.2) is 0 Å². The number of anilines is 1. The van der Waals surface area contributed by atoms with E-state index in [0.717, 1.165) is 14.8 Å².